The van der Waals surface area contributed by atoms with Crippen molar-refractivity contribution in [2.45, 2.75) is 6.92 Å². The molecule has 0 bridgehead atoms. The molecule has 4 aromatic rings. The van der Waals surface area contributed by atoms with Crippen molar-refractivity contribution in [2.24, 2.45) is 5.73 Å². The first-order chi connectivity index (χ1) is 13.6. The number of hydrogen-bond donors (Lipinski definition) is 1. The molecule has 0 aliphatic heterocycles. The van der Waals surface area contributed by atoms with Crippen LogP contribution >= 0.6 is 11.3 Å². The fourth-order valence-corrected chi connectivity index (χ4v) is 3.79. The standard InChI is InChI=1S/C20H17N5O2S/c1-2-24(20(21)27)14-6-3-5-13(11-14)16-8-9-22-19-15(12-23-25(16)19)18(26)17-7-4-10-28-17/h3-12H,2H2,1H3,(H2,21,27). The number of amides is 2. The second kappa shape index (κ2) is 7.24. The molecule has 0 fully saturated rings. The van der Waals surface area contributed by atoms with E-state index in [1.54, 1.807) is 23.0 Å². The molecule has 2 amide bonds. The third-order valence-electron chi connectivity index (χ3n) is 4.43. The Morgan fingerprint density at radius 3 is 2.79 bits per heavy atom. The van der Waals surface area contributed by atoms with Crippen LogP contribution in [0.2, 0.25) is 0 Å². The van der Waals surface area contributed by atoms with Crippen LogP contribution in [0.3, 0.4) is 0 Å². The van der Waals surface area contributed by atoms with Crippen molar-refractivity contribution in [3.05, 3.63) is 70.7 Å². The second-order valence-electron chi connectivity index (χ2n) is 6.06. The number of nitrogens with zero attached hydrogens (tertiary/aromatic N) is 4. The van der Waals surface area contributed by atoms with Crippen molar-refractivity contribution < 1.29 is 9.59 Å². The number of rotatable bonds is 5. The van der Waals surface area contributed by atoms with E-state index < -0.39 is 6.03 Å². The Hall–Kier alpha value is -3.52. The molecular formula is C20H17N5O2S. The summed E-state index contributed by atoms with van der Waals surface area (Å²) in [6.45, 7) is 2.32. The number of aromatic nitrogens is 3. The number of benzene rings is 1. The van der Waals surface area contributed by atoms with Gasteiger partial charge in [0.05, 0.1) is 22.3 Å². The predicted octanol–water partition coefficient (Wildman–Crippen LogP) is 3.59. The van der Waals surface area contributed by atoms with Gasteiger partial charge in [0.15, 0.2) is 5.65 Å². The summed E-state index contributed by atoms with van der Waals surface area (Å²) < 4.78 is 1.64. The molecule has 0 saturated heterocycles. The molecule has 140 valence electrons. The molecule has 0 spiro atoms. The maximum Gasteiger partial charge on any atom is 0.319 e. The van der Waals surface area contributed by atoms with Crippen LogP contribution in [-0.2, 0) is 0 Å². The highest BCUT2D eigenvalue weighted by molar-refractivity contribution is 7.12. The van der Waals surface area contributed by atoms with Gasteiger partial charge in [-0.3, -0.25) is 9.69 Å². The Morgan fingerprint density at radius 1 is 1.21 bits per heavy atom. The van der Waals surface area contributed by atoms with Crippen molar-refractivity contribution in [3.8, 4) is 11.3 Å². The summed E-state index contributed by atoms with van der Waals surface area (Å²) in [4.78, 5) is 30.9. The first-order valence-electron chi connectivity index (χ1n) is 8.68. The lowest BCUT2D eigenvalue weighted by Crippen LogP contribution is -2.35. The highest BCUT2D eigenvalue weighted by atomic mass is 32.1. The lowest BCUT2D eigenvalue weighted by Gasteiger charge is -2.19. The Labute approximate surface area is 165 Å². The van der Waals surface area contributed by atoms with Gasteiger partial charge in [-0.25, -0.2) is 14.3 Å². The number of ketones is 1. The average Bonchev–Trinajstić information content (AvgIpc) is 3.38. The minimum Gasteiger partial charge on any atom is -0.351 e. The molecule has 0 atom stereocenters. The zero-order chi connectivity index (χ0) is 19.7. The number of anilines is 1. The number of hydrogen-bond acceptors (Lipinski definition) is 5. The Kier molecular flexibility index (Phi) is 4.62. The normalized spacial score (nSPS) is 10.9. The van der Waals surface area contributed by atoms with Crippen LogP contribution < -0.4 is 10.6 Å². The molecule has 4 rings (SSSR count). The van der Waals surface area contributed by atoms with Crippen LogP contribution in [0.5, 0.6) is 0 Å². The monoisotopic (exact) mass is 391 g/mol. The molecule has 3 aromatic heterocycles. The molecule has 0 saturated carbocycles. The van der Waals surface area contributed by atoms with E-state index >= 15 is 0 Å². The van der Waals surface area contributed by atoms with Crippen molar-refractivity contribution >= 4 is 34.5 Å². The smallest absolute Gasteiger partial charge is 0.319 e. The van der Waals surface area contributed by atoms with Crippen LogP contribution in [0, 0.1) is 0 Å². The minimum absolute atomic E-state index is 0.103. The molecule has 8 heteroatoms. The fraction of sp³-hybridized carbons (Fsp3) is 0.100. The highest BCUT2D eigenvalue weighted by Crippen LogP contribution is 2.26. The summed E-state index contributed by atoms with van der Waals surface area (Å²) in [6, 6.07) is 12.4. The third-order valence-corrected chi connectivity index (χ3v) is 5.30. The van der Waals surface area contributed by atoms with Crippen molar-refractivity contribution in [1.29, 1.82) is 0 Å². The fourth-order valence-electron chi connectivity index (χ4n) is 3.11. The van der Waals surface area contributed by atoms with Gasteiger partial charge in [-0.15, -0.1) is 11.3 Å². The number of fused-ring (bicyclic) bond motifs is 1. The number of nitrogens with two attached hydrogens (primary N) is 1. The molecule has 0 aliphatic rings. The quantitative estimate of drug-likeness (QED) is 0.526. The van der Waals surface area contributed by atoms with E-state index in [9.17, 15) is 9.59 Å². The Balaban J connectivity index is 1.81. The first-order valence-corrected chi connectivity index (χ1v) is 9.56. The van der Waals surface area contributed by atoms with E-state index in [-0.39, 0.29) is 5.78 Å². The number of carbonyl (C=O) groups is 2. The zero-order valence-corrected chi connectivity index (χ0v) is 15.9. The SMILES string of the molecule is CCN(C(N)=O)c1cccc(-c2ccnc3c(C(=O)c4cccs4)cnn23)c1. The number of thiophene rings is 1. The van der Waals surface area contributed by atoms with Gasteiger partial charge in [-0.1, -0.05) is 18.2 Å². The Morgan fingerprint density at radius 2 is 2.07 bits per heavy atom. The molecule has 0 radical (unpaired) electrons. The molecular weight excluding hydrogens is 374 g/mol. The van der Waals surface area contributed by atoms with Crippen molar-refractivity contribution in [3.63, 3.8) is 0 Å². The van der Waals surface area contributed by atoms with E-state index in [0.717, 1.165) is 11.3 Å². The lowest BCUT2D eigenvalue weighted by atomic mass is 10.1. The maximum atomic E-state index is 12.7. The van der Waals surface area contributed by atoms with Crippen LogP contribution in [0.15, 0.2) is 60.2 Å². The van der Waals surface area contributed by atoms with Crippen LogP contribution in [0.4, 0.5) is 10.5 Å². The zero-order valence-electron chi connectivity index (χ0n) is 15.1. The van der Waals surface area contributed by atoms with Crippen LogP contribution in [-0.4, -0.2) is 33.0 Å². The van der Waals surface area contributed by atoms with Gasteiger partial charge in [0.2, 0.25) is 5.78 Å². The maximum absolute atomic E-state index is 12.7. The topological polar surface area (TPSA) is 93.6 Å². The molecule has 28 heavy (non-hydrogen) atoms. The van der Waals surface area contributed by atoms with Gasteiger partial charge in [-0.2, -0.15) is 5.10 Å². The van der Waals surface area contributed by atoms with Gasteiger partial charge in [-0.05, 0) is 36.6 Å². The summed E-state index contributed by atoms with van der Waals surface area (Å²) >= 11 is 1.39. The summed E-state index contributed by atoms with van der Waals surface area (Å²) in [7, 11) is 0. The molecule has 3 heterocycles. The predicted molar refractivity (Wildman–Crippen MR) is 109 cm³/mol. The summed E-state index contributed by atoms with van der Waals surface area (Å²) in [5.41, 5.74) is 8.70. The molecule has 0 unspecified atom stereocenters. The van der Waals surface area contributed by atoms with E-state index in [1.165, 1.54) is 16.2 Å². The summed E-state index contributed by atoms with van der Waals surface area (Å²) in [5, 5.41) is 6.25. The highest BCUT2D eigenvalue weighted by Gasteiger charge is 2.19. The largest absolute Gasteiger partial charge is 0.351 e. The van der Waals surface area contributed by atoms with Gasteiger partial charge < -0.3 is 5.73 Å². The minimum atomic E-state index is -0.512. The van der Waals surface area contributed by atoms with Gasteiger partial charge >= 0.3 is 6.03 Å². The average molecular weight is 391 g/mol. The van der Waals surface area contributed by atoms with E-state index in [2.05, 4.69) is 10.1 Å². The van der Waals surface area contributed by atoms with E-state index in [0.29, 0.717) is 28.3 Å². The Bertz CT molecular complexity index is 1170. The molecule has 1 aromatic carbocycles. The van der Waals surface area contributed by atoms with Crippen LogP contribution in [0.1, 0.15) is 22.2 Å². The van der Waals surface area contributed by atoms with Crippen molar-refractivity contribution in [2.75, 3.05) is 11.4 Å². The third kappa shape index (κ3) is 3.03. The van der Waals surface area contributed by atoms with Crippen molar-refractivity contribution in [1.82, 2.24) is 14.6 Å². The molecule has 7 nitrogen and oxygen atoms in total. The summed E-state index contributed by atoms with van der Waals surface area (Å²) in [6.07, 6.45) is 3.19. The van der Waals surface area contributed by atoms with E-state index in [1.807, 2.05) is 48.7 Å². The van der Waals surface area contributed by atoms with Gasteiger partial charge in [0, 0.05) is 24.0 Å². The first kappa shape index (κ1) is 17.9. The number of urea groups is 1. The van der Waals surface area contributed by atoms with Gasteiger partial charge in [0.1, 0.15) is 0 Å². The molecule has 2 N–H and O–H groups in total. The lowest BCUT2D eigenvalue weighted by molar-refractivity contribution is 0.104. The second-order valence-corrected chi connectivity index (χ2v) is 7.01. The molecule has 0 aliphatic carbocycles. The van der Waals surface area contributed by atoms with Crippen LogP contribution in [0.25, 0.3) is 16.9 Å². The number of carbonyl (C=O) groups excluding carboxylic acids is 2. The summed E-state index contributed by atoms with van der Waals surface area (Å²) in [5.74, 6) is -0.103. The van der Waals surface area contributed by atoms with Gasteiger partial charge in [0.25, 0.3) is 0 Å². The number of primary amides is 1. The van der Waals surface area contributed by atoms with E-state index in [4.69, 9.17) is 5.73 Å².